The number of aliphatic carboxylic acids is 1. The van der Waals surface area contributed by atoms with Gasteiger partial charge in [-0.2, -0.15) is 0 Å². The van der Waals surface area contributed by atoms with Gasteiger partial charge in [-0.05, 0) is 19.4 Å². The predicted octanol–water partition coefficient (Wildman–Crippen LogP) is 0.829. The zero-order valence-corrected chi connectivity index (χ0v) is 10.2. The molecule has 3 N–H and O–H groups in total. The lowest BCUT2D eigenvalue weighted by atomic mass is 9.96. The van der Waals surface area contributed by atoms with Crippen molar-refractivity contribution in [1.29, 1.82) is 0 Å². The summed E-state index contributed by atoms with van der Waals surface area (Å²) >= 11 is 0. The minimum Gasteiger partial charge on any atom is -0.481 e. The molecule has 0 unspecified atom stereocenters. The van der Waals surface area contributed by atoms with Crippen molar-refractivity contribution in [3.63, 3.8) is 0 Å². The van der Waals surface area contributed by atoms with Gasteiger partial charge >= 0.3 is 5.97 Å². The number of unbranched alkanes of at least 4 members (excludes halogenated alkanes) is 3. The molecule has 0 radical (unpaired) electrons. The van der Waals surface area contributed by atoms with Crippen LogP contribution in [0.2, 0.25) is 0 Å². The Morgan fingerprint density at radius 2 is 1.82 bits per heavy atom. The number of carboxylic acid groups (broad SMARTS) is 1. The van der Waals surface area contributed by atoms with Gasteiger partial charge in [0.15, 0.2) is 0 Å². The normalized spacial score (nSPS) is 15.7. The van der Waals surface area contributed by atoms with Gasteiger partial charge in [-0.3, -0.25) is 9.59 Å². The SMILES string of the molecule is NCCCCCCC(=O)N1CC(CC(=O)O)C1. The van der Waals surface area contributed by atoms with Gasteiger partial charge in [0.25, 0.3) is 0 Å². The van der Waals surface area contributed by atoms with Crippen molar-refractivity contribution in [2.75, 3.05) is 19.6 Å². The van der Waals surface area contributed by atoms with Gasteiger partial charge in [0.1, 0.15) is 0 Å². The maximum Gasteiger partial charge on any atom is 0.303 e. The van der Waals surface area contributed by atoms with Crippen LogP contribution in [0, 0.1) is 5.92 Å². The van der Waals surface area contributed by atoms with Crippen molar-refractivity contribution >= 4 is 11.9 Å². The van der Waals surface area contributed by atoms with E-state index in [1.54, 1.807) is 4.90 Å². The van der Waals surface area contributed by atoms with Crippen molar-refractivity contribution in [1.82, 2.24) is 4.90 Å². The van der Waals surface area contributed by atoms with Gasteiger partial charge < -0.3 is 15.7 Å². The Bertz CT molecular complexity index is 262. The topological polar surface area (TPSA) is 83.6 Å². The molecule has 1 amide bonds. The van der Waals surface area contributed by atoms with Crippen LogP contribution < -0.4 is 5.73 Å². The molecule has 0 aromatic heterocycles. The second-order valence-corrected chi connectivity index (χ2v) is 4.72. The molecule has 5 nitrogen and oxygen atoms in total. The van der Waals surface area contributed by atoms with Crippen LogP contribution in [0.15, 0.2) is 0 Å². The number of hydrogen-bond donors (Lipinski definition) is 2. The van der Waals surface area contributed by atoms with Gasteiger partial charge in [-0.25, -0.2) is 0 Å². The van der Waals surface area contributed by atoms with Gasteiger partial charge in [0.05, 0.1) is 6.42 Å². The Kier molecular flexibility index (Phi) is 5.97. The summed E-state index contributed by atoms with van der Waals surface area (Å²) in [5.41, 5.74) is 5.38. The number of carbonyl (C=O) groups is 2. The molecule has 1 saturated heterocycles. The molecule has 1 heterocycles. The zero-order valence-electron chi connectivity index (χ0n) is 10.2. The first-order chi connectivity index (χ1) is 8.13. The highest BCUT2D eigenvalue weighted by molar-refractivity contribution is 5.77. The summed E-state index contributed by atoms with van der Waals surface area (Å²) in [7, 11) is 0. The fourth-order valence-corrected chi connectivity index (χ4v) is 2.08. The van der Waals surface area contributed by atoms with E-state index in [-0.39, 0.29) is 18.2 Å². The first-order valence-corrected chi connectivity index (χ1v) is 6.33. The highest BCUT2D eigenvalue weighted by Gasteiger charge is 2.31. The quantitative estimate of drug-likeness (QED) is 0.617. The van der Waals surface area contributed by atoms with E-state index in [4.69, 9.17) is 10.8 Å². The Labute approximate surface area is 102 Å². The summed E-state index contributed by atoms with van der Waals surface area (Å²) in [6, 6.07) is 0. The molecular weight excluding hydrogens is 220 g/mol. The summed E-state index contributed by atoms with van der Waals surface area (Å²) in [5.74, 6) is -0.447. The van der Waals surface area contributed by atoms with Crippen LogP contribution in [-0.4, -0.2) is 41.5 Å². The number of hydrogen-bond acceptors (Lipinski definition) is 3. The molecule has 1 aliphatic rings. The molecule has 0 spiro atoms. The maximum atomic E-state index is 11.6. The fraction of sp³-hybridized carbons (Fsp3) is 0.833. The maximum absolute atomic E-state index is 11.6. The van der Waals surface area contributed by atoms with Crippen molar-refractivity contribution < 1.29 is 14.7 Å². The molecule has 0 bridgehead atoms. The van der Waals surface area contributed by atoms with Gasteiger partial charge in [0, 0.05) is 25.4 Å². The van der Waals surface area contributed by atoms with Crippen molar-refractivity contribution in [3.05, 3.63) is 0 Å². The van der Waals surface area contributed by atoms with Crippen LogP contribution >= 0.6 is 0 Å². The van der Waals surface area contributed by atoms with E-state index >= 15 is 0 Å². The average Bonchev–Trinajstić information content (AvgIpc) is 2.22. The number of rotatable bonds is 8. The lowest BCUT2D eigenvalue weighted by Gasteiger charge is -2.38. The van der Waals surface area contributed by atoms with Crippen molar-refractivity contribution in [2.24, 2.45) is 11.7 Å². The summed E-state index contributed by atoms with van der Waals surface area (Å²) in [6.07, 6.45) is 4.85. The van der Waals surface area contributed by atoms with Crippen LogP contribution in [0.25, 0.3) is 0 Å². The van der Waals surface area contributed by atoms with Crippen LogP contribution in [0.3, 0.4) is 0 Å². The van der Waals surface area contributed by atoms with Crippen LogP contribution in [0.4, 0.5) is 0 Å². The number of amides is 1. The smallest absolute Gasteiger partial charge is 0.303 e. The molecule has 1 rings (SSSR count). The molecule has 98 valence electrons. The highest BCUT2D eigenvalue weighted by atomic mass is 16.4. The minimum atomic E-state index is -0.774. The Morgan fingerprint density at radius 3 is 2.41 bits per heavy atom. The number of likely N-dealkylation sites (tertiary alicyclic amines) is 1. The number of nitrogens with zero attached hydrogens (tertiary/aromatic N) is 1. The second kappa shape index (κ2) is 7.27. The molecule has 0 saturated carbocycles. The first kappa shape index (κ1) is 14.0. The van der Waals surface area contributed by atoms with Crippen LogP contribution in [-0.2, 0) is 9.59 Å². The number of carboxylic acids is 1. The van der Waals surface area contributed by atoms with E-state index in [9.17, 15) is 9.59 Å². The average molecular weight is 242 g/mol. The second-order valence-electron chi connectivity index (χ2n) is 4.72. The largest absolute Gasteiger partial charge is 0.481 e. The third-order valence-corrected chi connectivity index (χ3v) is 3.12. The third kappa shape index (κ3) is 5.17. The van der Waals surface area contributed by atoms with Crippen molar-refractivity contribution in [3.8, 4) is 0 Å². The van der Waals surface area contributed by atoms with E-state index in [0.717, 1.165) is 32.2 Å². The molecule has 5 heteroatoms. The fourth-order valence-electron chi connectivity index (χ4n) is 2.08. The molecule has 0 aromatic rings. The highest BCUT2D eigenvalue weighted by Crippen LogP contribution is 2.20. The molecule has 0 aromatic carbocycles. The van der Waals surface area contributed by atoms with E-state index in [2.05, 4.69) is 0 Å². The molecule has 1 aliphatic heterocycles. The predicted molar refractivity (Wildman–Crippen MR) is 64.5 cm³/mol. The molecular formula is C12H22N2O3. The lowest BCUT2D eigenvalue weighted by molar-refractivity contribution is -0.145. The van der Waals surface area contributed by atoms with Gasteiger partial charge in [-0.15, -0.1) is 0 Å². The summed E-state index contributed by atoms with van der Waals surface area (Å²) in [6.45, 7) is 1.96. The summed E-state index contributed by atoms with van der Waals surface area (Å²) in [5, 5.41) is 8.58. The number of carbonyl (C=O) groups excluding carboxylic acids is 1. The summed E-state index contributed by atoms with van der Waals surface area (Å²) in [4.78, 5) is 23.8. The molecule has 0 atom stereocenters. The monoisotopic (exact) mass is 242 g/mol. The Hall–Kier alpha value is -1.10. The van der Waals surface area contributed by atoms with Gasteiger partial charge in [-0.1, -0.05) is 12.8 Å². The molecule has 1 fully saturated rings. The zero-order chi connectivity index (χ0) is 12.7. The van der Waals surface area contributed by atoms with Crippen LogP contribution in [0.5, 0.6) is 0 Å². The molecule has 0 aliphatic carbocycles. The lowest BCUT2D eigenvalue weighted by Crippen LogP contribution is -2.50. The van der Waals surface area contributed by atoms with Crippen LogP contribution in [0.1, 0.15) is 38.5 Å². The van der Waals surface area contributed by atoms with Crippen molar-refractivity contribution in [2.45, 2.75) is 38.5 Å². The Balaban J connectivity index is 2.01. The molecule has 17 heavy (non-hydrogen) atoms. The third-order valence-electron chi connectivity index (χ3n) is 3.12. The minimum absolute atomic E-state index is 0.161. The standard InChI is InChI=1S/C12H22N2O3/c13-6-4-2-1-3-5-11(15)14-8-10(9-14)7-12(16)17/h10H,1-9,13H2,(H,16,17). The van der Waals surface area contributed by atoms with E-state index in [0.29, 0.717) is 19.5 Å². The van der Waals surface area contributed by atoms with E-state index in [1.165, 1.54) is 0 Å². The van der Waals surface area contributed by atoms with Gasteiger partial charge in [0.2, 0.25) is 5.91 Å². The van der Waals surface area contributed by atoms with E-state index in [1.807, 2.05) is 0 Å². The summed E-state index contributed by atoms with van der Waals surface area (Å²) < 4.78 is 0. The Morgan fingerprint density at radius 1 is 1.18 bits per heavy atom. The van der Waals surface area contributed by atoms with E-state index < -0.39 is 5.97 Å². The number of nitrogens with two attached hydrogens (primary N) is 1. The first-order valence-electron chi connectivity index (χ1n) is 6.33.